The largest absolute Gasteiger partial charge is 0.490 e. The zero-order chi connectivity index (χ0) is 19.7. The van der Waals surface area contributed by atoms with E-state index in [0.717, 1.165) is 32.3 Å². The Balaban J connectivity index is 1.84. The molecular formula is C21H19IN2O3S. The van der Waals surface area contributed by atoms with Crippen molar-refractivity contribution in [1.82, 2.24) is 9.38 Å². The maximum Gasteiger partial charge on any atom is 0.274 e. The number of rotatable bonds is 6. The quantitative estimate of drug-likeness (QED) is 0.367. The third-order valence-electron chi connectivity index (χ3n) is 4.23. The fourth-order valence-electron chi connectivity index (χ4n) is 3.04. The van der Waals surface area contributed by atoms with Crippen LogP contribution in [0, 0.1) is 3.57 Å². The highest BCUT2D eigenvalue weighted by Gasteiger charge is 2.13. The van der Waals surface area contributed by atoms with Crippen molar-refractivity contribution in [3.63, 3.8) is 0 Å². The Morgan fingerprint density at radius 2 is 2.04 bits per heavy atom. The summed E-state index contributed by atoms with van der Waals surface area (Å²) in [5.74, 6) is 1.46. The third kappa shape index (κ3) is 3.48. The van der Waals surface area contributed by atoms with Crippen LogP contribution < -0.4 is 19.6 Å². The molecule has 2 heterocycles. The van der Waals surface area contributed by atoms with Crippen LogP contribution in [0.1, 0.15) is 25.8 Å². The lowest BCUT2D eigenvalue weighted by atomic mass is 10.2. The average Bonchev–Trinajstić information content (AvgIpc) is 3.18. The van der Waals surface area contributed by atoms with Gasteiger partial charge in [-0.3, -0.25) is 4.79 Å². The lowest BCUT2D eigenvalue weighted by Crippen LogP contribution is -2.22. The molecule has 144 valence electrons. The first kappa shape index (κ1) is 19.2. The van der Waals surface area contributed by atoms with Crippen molar-refractivity contribution in [2.75, 3.05) is 13.2 Å². The highest BCUT2D eigenvalue weighted by atomic mass is 127. The monoisotopic (exact) mass is 506 g/mol. The number of nitrogens with zero attached hydrogens (tertiary/aromatic N) is 2. The molecule has 0 radical (unpaired) electrons. The molecule has 0 bridgehead atoms. The van der Waals surface area contributed by atoms with Crippen molar-refractivity contribution in [2.24, 2.45) is 0 Å². The Labute approximate surface area is 179 Å². The Morgan fingerprint density at radius 1 is 1.21 bits per heavy atom. The molecule has 4 rings (SSSR count). The van der Waals surface area contributed by atoms with Gasteiger partial charge in [0.1, 0.15) is 0 Å². The Kier molecular flexibility index (Phi) is 5.54. The number of thiazole rings is 1. The Morgan fingerprint density at radius 3 is 2.82 bits per heavy atom. The van der Waals surface area contributed by atoms with E-state index in [9.17, 15) is 4.79 Å². The van der Waals surface area contributed by atoms with Crippen LogP contribution in [0.4, 0.5) is 0 Å². The van der Waals surface area contributed by atoms with Gasteiger partial charge in [0, 0.05) is 0 Å². The minimum Gasteiger partial charge on any atom is -0.490 e. The normalized spacial score (nSPS) is 12.2. The second-order valence-corrected chi connectivity index (χ2v) is 8.42. The maximum atomic E-state index is 13.0. The summed E-state index contributed by atoms with van der Waals surface area (Å²) in [6.45, 7) is 5.21. The van der Waals surface area contributed by atoms with E-state index in [2.05, 4.69) is 34.5 Å². The zero-order valence-electron chi connectivity index (χ0n) is 15.6. The molecule has 0 atom stereocenters. The number of hydrogen-bond donors (Lipinski definition) is 0. The zero-order valence-corrected chi connectivity index (χ0v) is 18.5. The minimum atomic E-state index is -0.0482. The molecule has 0 aliphatic heterocycles. The Hall–Kier alpha value is -2.13. The standard InChI is InChI=1S/C21H19IN2O3S/c1-3-9-27-19-14(22)10-13(11-17(19)26-4-2)12-18-20(25)24-16-8-6-5-7-15(16)23-21(24)28-18/h5-8,10-12H,3-4,9H2,1-2H3/b18-12-. The van der Waals surface area contributed by atoms with E-state index in [-0.39, 0.29) is 5.56 Å². The van der Waals surface area contributed by atoms with Gasteiger partial charge in [0.2, 0.25) is 0 Å². The predicted octanol–water partition coefficient (Wildman–Crippen LogP) is 4.25. The fraction of sp³-hybridized carbons (Fsp3) is 0.238. The first-order chi connectivity index (χ1) is 13.6. The van der Waals surface area contributed by atoms with E-state index in [1.54, 1.807) is 4.40 Å². The predicted molar refractivity (Wildman–Crippen MR) is 122 cm³/mol. The molecule has 4 aromatic rings. The molecule has 7 heteroatoms. The lowest BCUT2D eigenvalue weighted by molar-refractivity contribution is 0.275. The number of halogens is 1. The van der Waals surface area contributed by atoms with Gasteiger partial charge in [-0.25, -0.2) is 9.38 Å². The number of ether oxygens (including phenoxy) is 2. The fourth-order valence-corrected chi connectivity index (χ4v) is 4.81. The third-order valence-corrected chi connectivity index (χ3v) is 6.00. The van der Waals surface area contributed by atoms with Crippen LogP contribution in [0.15, 0.2) is 41.2 Å². The average molecular weight is 506 g/mol. The molecular weight excluding hydrogens is 487 g/mol. The smallest absolute Gasteiger partial charge is 0.274 e. The molecule has 5 nitrogen and oxygen atoms in total. The summed E-state index contributed by atoms with van der Waals surface area (Å²) >= 11 is 3.65. The van der Waals surface area contributed by atoms with Gasteiger partial charge in [-0.15, -0.1) is 0 Å². The molecule has 0 amide bonds. The second-order valence-electron chi connectivity index (χ2n) is 6.25. The van der Waals surface area contributed by atoms with Gasteiger partial charge < -0.3 is 9.47 Å². The van der Waals surface area contributed by atoms with E-state index in [4.69, 9.17) is 9.47 Å². The number of fused-ring (bicyclic) bond motifs is 3. The van der Waals surface area contributed by atoms with Crippen LogP contribution in [0.5, 0.6) is 11.5 Å². The van der Waals surface area contributed by atoms with Crippen molar-refractivity contribution >= 4 is 56.0 Å². The van der Waals surface area contributed by atoms with Crippen LogP contribution in [0.3, 0.4) is 0 Å². The number of hydrogen-bond acceptors (Lipinski definition) is 5. The topological polar surface area (TPSA) is 52.8 Å². The summed E-state index contributed by atoms with van der Waals surface area (Å²) in [6.07, 6.45) is 2.82. The van der Waals surface area contributed by atoms with Crippen molar-refractivity contribution in [1.29, 1.82) is 0 Å². The van der Waals surface area contributed by atoms with E-state index in [1.165, 1.54) is 11.3 Å². The molecule has 0 spiro atoms. The molecule has 0 N–H and O–H groups in total. The van der Waals surface area contributed by atoms with Gasteiger partial charge in [-0.2, -0.15) is 0 Å². The van der Waals surface area contributed by atoms with Gasteiger partial charge in [-0.05, 0) is 71.8 Å². The molecule has 0 aliphatic carbocycles. The second kappa shape index (κ2) is 8.08. The van der Waals surface area contributed by atoms with E-state index in [1.807, 2.05) is 49.4 Å². The maximum absolute atomic E-state index is 13.0. The summed E-state index contributed by atoms with van der Waals surface area (Å²) in [5, 5.41) is 0. The highest BCUT2D eigenvalue weighted by Crippen LogP contribution is 2.34. The molecule has 2 aromatic heterocycles. The van der Waals surface area contributed by atoms with Crippen molar-refractivity contribution in [3.05, 3.63) is 60.4 Å². The lowest BCUT2D eigenvalue weighted by Gasteiger charge is -2.14. The van der Waals surface area contributed by atoms with Gasteiger partial charge in [0.05, 0.1) is 32.3 Å². The van der Waals surface area contributed by atoms with E-state index >= 15 is 0 Å². The van der Waals surface area contributed by atoms with Gasteiger partial charge in [-0.1, -0.05) is 30.4 Å². The van der Waals surface area contributed by atoms with Crippen molar-refractivity contribution in [3.8, 4) is 11.5 Å². The van der Waals surface area contributed by atoms with Gasteiger partial charge in [0.15, 0.2) is 16.5 Å². The molecule has 28 heavy (non-hydrogen) atoms. The van der Waals surface area contributed by atoms with Crippen LogP contribution in [-0.4, -0.2) is 22.6 Å². The summed E-state index contributed by atoms with van der Waals surface area (Å²) in [5.41, 5.74) is 2.53. The van der Waals surface area contributed by atoms with Crippen LogP contribution >= 0.6 is 33.9 Å². The minimum absolute atomic E-state index is 0.0482. The van der Waals surface area contributed by atoms with Crippen LogP contribution in [0.25, 0.3) is 22.1 Å². The summed E-state index contributed by atoms with van der Waals surface area (Å²) in [7, 11) is 0. The number of aromatic nitrogens is 2. The van der Waals surface area contributed by atoms with Crippen molar-refractivity contribution < 1.29 is 9.47 Å². The first-order valence-electron chi connectivity index (χ1n) is 9.13. The van der Waals surface area contributed by atoms with Crippen LogP contribution in [0.2, 0.25) is 0 Å². The SMILES string of the molecule is CCCOc1c(I)cc(/C=c2\sc3nc4ccccc4n3c2=O)cc1OCC. The molecule has 0 saturated heterocycles. The summed E-state index contributed by atoms with van der Waals surface area (Å²) in [4.78, 5) is 18.2. The van der Waals surface area contributed by atoms with Gasteiger partial charge in [0.25, 0.3) is 5.56 Å². The Bertz CT molecular complexity index is 1260. The molecule has 2 aromatic carbocycles. The number of imidazole rings is 1. The molecule has 0 saturated carbocycles. The number of para-hydroxylation sites is 2. The summed E-state index contributed by atoms with van der Waals surface area (Å²) in [6, 6.07) is 11.6. The first-order valence-corrected chi connectivity index (χ1v) is 11.0. The van der Waals surface area contributed by atoms with Crippen LogP contribution in [-0.2, 0) is 0 Å². The van der Waals surface area contributed by atoms with E-state index < -0.39 is 0 Å². The van der Waals surface area contributed by atoms with Gasteiger partial charge >= 0.3 is 0 Å². The van der Waals surface area contributed by atoms with Crippen molar-refractivity contribution in [2.45, 2.75) is 20.3 Å². The summed E-state index contributed by atoms with van der Waals surface area (Å²) < 4.78 is 14.9. The number of benzene rings is 2. The molecule has 0 fully saturated rings. The molecule has 0 aliphatic rings. The highest BCUT2D eigenvalue weighted by molar-refractivity contribution is 14.1. The van der Waals surface area contributed by atoms with E-state index in [0.29, 0.717) is 28.5 Å². The molecule has 0 unspecified atom stereocenters.